The molecule has 0 aliphatic rings. The van der Waals surface area contributed by atoms with Crippen molar-refractivity contribution in [2.45, 2.75) is 11.8 Å². The fourth-order valence-electron chi connectivity index (χ4n) is 2.12. The fourth-order valence-corrected chi connectivity index (χ4v) is 3.75. The summed E-state index contributed by atoms with van der Waals surface area (Å²) in [5, 5.41) is 3.21. The van der Waals surface area contributed by atoms with Gasteiger partial charge in [-0.3, -0.25) is 10.1 Å². The van der Waals surface area contributed by atoms with Crippen LogP contribution in [0.15, 0.2) is 47.4 Å². The minimum atomic E-state index is -3.35. The Kier molecular flexibility index (Phi) is 3.91. The number of nitrogens with one attached hydrogen (secondary N) is 1. The molecule has 7 heteroatoms. The molecule has 0 saturated carbocycles. The molecule has 1 heterocycles. The van der Waals surface area contributed by atoms with Gasteiger partial charge in [0.15, 0.2) is 15.0 Å². The van der Waals surface area contributed by atoms with Gasteiger partial charge in [0.05, 0.1) is 15.1 Å². The number of nitrogens with zero attached hydrogens (tertiary/aromatic N) is 1. The topological polar surface area (TPSA) is 76.1 Å². The second-order valence-electron chi connectivity index (χ2n) is 5.24. The van der Waals surface area contributed by atoms with Crippen LogP contribution in [0.1, 0.15) is 15.9 Å². The van der Waals surface area contributed by atoms with Gasteiger partial charge in [-0.05, 0) is 42.8 Å². The van der Waals surface area contributed by atoms with Gasteiger partial charge in [0.25, 0.3) is 5.91 Å². The van der Waals surface area contributed by atoms with Gasteiger partial charge >= 0.3 is 0 Å². The van der Waals surface area contributed by atoms with Gasteiger partial charge in [-0.1, -0.05) is 23.5 Å². The molecule has 1 aromatic heterocycles. The van der Waals surface area contributed by atoms with Gasteiger partial charge in [-0.25, -0.2) is 13.4 Å². The van der Waals surface area contributed by atoms with Crippen molar-refractivity contribution in [1.82, 2.24) is 4.98 Å². The zero-order valence-corrected chi connectivity index (χ0v) is 14.2. The number of aryl methyl sites for hydroxylation is 1. The first-order valence-corrected chi connectivity index (χ1v) is 9.52. The van der Waals surface area contributed by atoms with Gasteiger partial charge in [-0.2, -0.15) is 0 Å². The van der Waals surface area contributed by atoms with E-state index in [9.17, 15) is 13.2 Å². The first-order valence-electron chi connectivity index (χ1n) is 6.81. The standard InChI is InChI=1S/C16H14N2O3S2/c1-10-6-7-13-14(8-10)22-16(17-13)18-15(19)11-4-3-5-12(9-11)23(2,20)21/h3-9H,1-2H3,(H,17,18,19). The first-order chi connectivity index (χ1) is 10.8. The van der Waals surface area contributed by atoms with Crippen molar-refractivity contribution in [2.24, 2.45) is 0 Å². The maximum absolute atomic E-state index is 12.3. The Morgan fingerprint density at radius 3 is 2.70 bits per heavy atom. The van der Waals surface area contributed by atoms with E-state index in [2.05, 4.69) is 10.3 Å². The zero-order valence-electron chi connectivity index (χ0n) is 12.5. The van der Waals surface area contributed by atoms with E-state index >= 15 is 0 Å². The zero-order chi connectivity index (χ0) is 16.6. The lowest BCUT2D eigenvalue weighted by atomic mass is 10.2. The van der Waals surface area contributed by atoms with Gasteiger partial charge in [0, 0.05) is 11.8 Å². The molecular formula is C16H14N2O3S2. The third kappa shape index (κ3) is 3.40. The molecule has 1 amide bonds. The number of hydrogen-bond acceptors (Lipinski definition) is 5. The van der Waals surface area contributed by atoms with Gasteiger partial charge in [0.2, 0.25) is 0 Å². The lowest BCUT2D eigenvalue weighted by Crippen LogP contribution is -2.12. The highest BCUT2D eigenvalue weighted by Crippen LogP contribution is 2.27. The Balaban J connectivity index is 1.88. The highest BCUT2D eigenvalue weighted by Gasteiger charge is 2.13. The average molecular weight is 346 g/mol. The Labute approximate surface area is 137 Å². The Morgan fingerprint density at radius 1 is 1.17 bits per heavy atom. The van der Waals surface area contributed by atoms with Crippen LogP contribution in [-0.2, 0) is 9.84 Å². The van der Waals surface area contributed by atoms with Crippen LogP contribution in [0.5, 0.6) is 0 Å². The number of carbonyl (C=O) groups is 1. The van der Waals surface area contributed by atoms with Crippen LogP contribution in [-0.4, -0.2) is 25.6 Å². The number of benzene rings is 2. The van der Waals surface area contributed by atoms with Crippen LogP contribution >= 0.6 is 11.3 Å². The second kappa shape index (κ2) is 5.75. The summed E-state index contributed by atoms with van der Waals surface area (Å²) >= 11 is 1.38. The van der Waals surface area contributed by atoms with Crippen molar-refractivity contribution in [1.29, 1.82) is 0 Å². The summed E-state index contributed by atoms with van der Waals surface area (Å²) < 4.78 is 24.1. The molecule has 0 radical (unpaired) electrons. The molecule has 3 aromatic rings. The number of sulfone groups is 1. The largest absolute Gasteiger partial charge is 0.298 e. The summed E-state index contributed by atoms with van der Waals surface area (Å²) in [6.07, 6.45) is 1.11. The third-order valence-corrected chi connectivity index (χ3v) is 5.33. The number of aromatic nitrogens is 1. The van der Waals surface area contributed by atoms with Crippen LogP contribution in [0.25, 0.3) is 10.2 Å². The van der Waals surface area contributed by atoms with Crippen molar-refractivity contribution in [3.63, 3.8) is 0 Å². The molecule has 0 unspecified atom stereocenters. The summed E-state index contributed by atoms with van der Waals surface area (Å²) in [5.41, 5.74) is 2.23. The number of thiazole rings is 1. The van der Waals surface area contributed by atoms with Crippen molar-refractivity contribution in [2.75, 3.05) is 11.6 Å². The maximum atomic E-state index is 12.3. The third-order valence-electron chi connectivity index (χ3n) is 3.29. The fraction of sp³-hybridized carbons (Fsp3) is 0.125. The molecule has 23 heavy (non-hydrogen) atoms. The summed E-state index contributed by atoms with van der Waals surface area (Å²) in [6, 6.07) is 11.8. The summed E-state index contributed by atoms with van der Waals surface area (Å²) in [6.45, 7) is 1.99. The van der Waals surface area contributed by atoms with Crippen LogP contribution < -0.4 is 5.32 Å². The van der Waals surface area contributed by atoms with E-state index in [0.29, 0.717) is 5.13 Å². The molecule has 0 fully saturated rings. The van der Waals surface area contributed by atoms with E-state index in [1.54, 1.807) is 12.1 Å². The number of carbonyl (C=O) groups excluding carboxylic acids is 1. The number of amides is 1. The number of hydrogen-bond donors (Lipinski definition) is 1. The van der Waals surface area contributed by atoms with Crippen LogP contribution in [0.3, 0.4) is 0 Å². The molecule has 0 spiro atoms. The van der Waals surface area contributed by atoms with Gasteiger partial charge < -0.3 is 0 Å². The molecule has 0 atom stereocenters. The van der Waals surface area contributed by atoms with E-state index in [4.69, 9.17) is 0 Å². The second-order valence-corrected chi connectivity index (χ2v) is 8.29. The van der Waals surface area contributed by atoms with Crippen molar-refractivity contribution < 1.29 is 13.2 Å². The lowest BCUT2D eigenvalue weighted by molar-refractivity contribution is 0.102. The smallest absolute Gasteiger partial charge is 0.257 e. The predicted molar refractivity (Wildman–Crippen MR) is 91.9 cm³/mol. The van der Waals surface area contributed by atoms with E-state index in [-0.39, 0.29) is 16.4 Å². The van der Waals surface area contributed by atoms with Crippen molar-refractivity contribution in [3.05, 3.63) is 53.6 Å². The van der Waals surface area contributed by atoms with E-state index < -0.39 is 9.84 Å². The highest BCUT2D eigenvalue weighted by atomic mass is 32.2. The van der Waals surface area contributed by atoms with Crippen LogP contribution in [0, 0.1) is 6.92 Å². The molecular weight excluding hydrogens is 332 g/mol. The van der Waals surface area contributed by atoms with Crippen LogP contribution in [0.2, 0.25) is 0 Å². The molecule has 0 aliphatic heterocycles. The lowest BCUT2D eigenvalue weighted by Gasteiger charge is -2.03. The summed E-state index contributed by atoms with van der Waals surface area (Å²) in [7, 11) is -3.35. The maximum Gasteiger partial charge on any atom is 0.257 e. The van der Waals surface area contributed by atoms with E-state index in [1.807, 2.05) is 25.1 Å². The van der Waals surface area contributed by atoms with Crippen LogP contribution in [0.4, 0.5) is 5.13 Å². The van der Waals surface area contributed by atoms with Gasteiger partial charge in [0.1, 0.15) is 0 Å². The molecule has 3 rings (SSSR count). The minimum Gasteiger partial charge on any atom is -0.298 e. The molecule has 118 valence electrons. The minimum absolute atomic E-state index is 0.116. The number of anilines is 1. The number of rotatable bonds is 3. The van der Waals surface area contributed by atoms with E-state index in [1.165, 1.54) is 23.5 Å². The predicted octanol–water partition coefficient (Wildman–Crippen LogP) is 3.26. The first kappa shape index (κ1) is 15.6. The average Bonchev–Trinajstić information content (AvgIpc) is 2.87. The van der Waals surface area contributed by atoms with Crippen molar-refractivity contribution >= 4 is 42.4 Å². The monoisotopic (exact) mass is 346 g/mol. The molecule has 0 saturated heterocycles. The molecule has 5 nitrogen and oxygen atoms in total. The summed E-state index contributed by atoms with van der Waals surface area (Å²) in [5.74, 6) is -0.383. The Morgan fingerprint density at radius 2 is 1.96 bits per heavy atom. The van der Waals surface area contributed by atoms with Gasteiger partial charge in [-0.15, -0.1) is 0 Å². The van der Waals surface area contributed by atoms with Crippen molar-refractivity contribution in [3.8, 4) is 0 Å². The molecule has 1 N–H and O–H groups in total. The summed E-state index contributed by atoms with van der Waals surface area (Å²) in [4.78, 5) is 16.8. The molecule has 0 bridgehead atoms. The Bertz CT molecular complexity index is 1010. The SMILES string of the molecule is Cc1ccc2nc(NC(=O)c3cccc(S(C)(=O)=O)c3)sc2c1. The quantitative estimate of drug-likeness (QED) is 0.790. The highest BCUT2D eigenvalue weighted by molar-refractivity contribution is 7.90. The Hall–Kier alpha value is -2.25. The molecule has 2 aromatic carbocycles. The molecule has 0 aliphatic carbocycles. The normalized spacial score (nSPS) is 11.6. The number of fused-ring (bicyclic) bond motifs is 1. The van der Waals surface area contributed by atoms with E-state index in [0.717, 1.165) is 22.0 Å².